The highest BCUT2D eigenvalue weighted by Crippen LogP contribution is 2.40. The molecule has 1 aromatic rings. The van der Waals surface area contributed by atoms with Crippen molar-refractivity contribution in [2.75, 3.05) is 11.9 Å². The molecule has 1 aliphatic rings. The van der Waals surface area contributed by atoms with Gasteiger partial charge in [-0.15, -0.1) is 0 Å². The second-order valence-corrected chi connectivity index (χ2v) is 5.27. The molecule has 2 rings (SSSR count). The molecule has 4 nitrogen and oxygen atoms in total. The number of nitrogens with zero attached hydrogens (tertiary/aromatic N) is 1. The number of nitro groups is 1. The van der Waals surface area contributed by atoms with Gasteiger partial charge in [-0.25, -0.2) is 0 Å². The highest BCUT2D eigenvalue weighted by atomic mass is 16.6. The second-order valence-electron chi connectivity index (χ2n) is 5.27. The van der Waals surface area contributed by atoms with Gasteiger partial charge in [-0.05, 0) is 30.7 Å². The lowest BCUT2D eigenvalue weighted by Crippen LogP contribution is -2.33. The molecule has 0 atom stereocenters. The van der Waals surface area contributed by atoms with E-state index in [2.05, 4.69) is 12.2 Å². The maximum absolute atomic E-state index is 10.7. The molecule has 92 valence electrons. The van der Waals surface area contributed by atoms with E-state index in [1.54, 1.807) is 18.2 Å². The molecule has 0 aliphatic heterocycles. The van der Waals surface area contributed by atoms with Gasteiger partial charge in [-0.1, -0.05) is 19.4 Å². The van der Waals surface area contributed by atoms with E-state index in [-0.39, 0.29) is 10.6 Å². The van der Waals surface area contributed by atoms with Gasteiger partial charge in [-0.2, -0.15) is 0 Å². The summed E-state index contributed by atoms with van der Waals surface area (Å²) >= 11 is 0. The predicted molar refractivity (Wildman–Crippen MR) is 68.3 cm³/mol. The molecule has 0 amide bonds. The summed E-state index contributed by atoms with van der Waals surface area (Å²) in [4.78, 5) is 10.4. The molecule has 1 aliphatic carbocycles. The van der Waals surface area contributed by atoms with E-state index in [0.29, 0.717) is 5.41 Å². The molecule has 0 heterocycles. The lowest BCUT2D eigenvalue weighted by Gasteiger charge is -2.38. The number of anilines is 1. The minimum atomic E-state index is -0.352. The fourth-order valence-electron chi connectivity index (χ4n) is 2.18. The Hall–Kier alpha value is -1.58. The van der Waals surface area contributed by atoms with Crippen LogP contribution in [0, 0.1) is 22.5 Å². The number of hydrogen-bond acceptors (Lipinski definition) is 3. The average Bonchev–Trinajstić information content (AvgIpc) is 2.25. The minimum absolute atomic E-state index is 0.150. The van der Waals surface area contributed by atoms with Crippen molar-refractivity contribution in [1.29, 1.82) is 0 Å². The second kappa shape index (κ2) is 4.35. The summed E-state index contributed by atoms with van der Waals surface area (Å²) in [6.07, 6.45) is 3.79. The maximum atomic E-state index is 10.7. The van der Waals surface area contributed by atoms with Crippen LogP contribution in [0.3, 0.4) is 0 Å². The maximum Gasteiger partial charge on any atom is 0.271 e. The van der Waals surface area contributed by atoms with Crippen LogP contribution in [0.15, 0.2) is 18.2 Å². The van der Waals surface area contributed by atoms with Crippen LogP contribution in [0.4, 0.5) is 11.4 Å². The lowest BCUT2D eigenvalue weighted by atomic mass is 9.70. The third kappa shape index (κ3) is 2.57. The van der Waals surface area contributed by atoms with Crippen LogP contribution in [-0.2, 0) is 0 Å². The van der Waals surface area contributed by atoms with Crippen LogP contribution >= 0.6 is 0 Å². The van der Waals surface area contributed by atoms with Crippen LogP contribution < -0.4 is 5.32 Å². The van der Waals surface area contributed by atoms with Gasteiger partial charge in [0.1, 0.15) is 0 Å². The molecule has 0 saturated heterocycles. The summed E-state index contributed by atoms with van der Waals surface area (Å²) in [6.45, 7) is 5.13. The zero-order valence-corrected chi connectivity index (χ0v) is 10.3. The molecular weight excluding hydrogens is 216 g/mol. The quantitative estimate of drug-likeness (QED) is 0.640. The van der Waals surface area contributed by atoms with Crippen molar-refractivity contribution in [2.24, 2.45) is 5.41 Å². The van der Waals surface area contributed by atoms with Crippen LogP contribution in [0.25, 0.3) is 0 Å². The predicted octanol–water partition coefficient (Wildman–Crippen LogP) is 3.51. The third-order valence-corrected chi connectivity index (χ3v) is 3.70. The summed E-state index contributed by atoms with van der Waals surface area (Å²) in [6, 6.07) is 4.96. The SMILES string of the molecule is Cc1ccc([N+](=O)[O-])cc1NCC1(C)CCC1. The van der Waals surface area contributed by atoms with Crippen molar-refractivity contribution < 1.29 is 4.92 Å². The Morgan fingerprint density at radius 2 is 2.18 bits per heavy atom. The molecule has 0 spiro atoms. The van der Waals surface area contributed by atoms with Crippen molar-refractivity contribution >= 4 is 11.4 Å². The van der Waals surface area contributed by atoms with Crippen molar-refractivity contribution in [2.45, 2.75) is 33.1 Å². The van der Waals surface area contributed by atoms with E-state index in [1.807, 2.05) is 6.92 Å². The number of nitro benzene ring substituents is 1. The Kier molecular flexibility index (Phi) is 3.05. The molecule has 1 N–H and O–H groups in total. The van der Waals surface area contributed by atoms with Crippen LogP contribution in [-0.4, -0.2) is 11.5 Å². The average molecular weight is 234 g/mol. The van der Waals surface area contributed by atoms with E-state index in [1.165, 1.54) is 19.3 Å². The molecule has 0 radical (unpaired) electrons. The van der Waals surface area contributed by atoms with E-state index in [0.717, 1.165) is 17.8 Å². The summed E-state index contributed by atoms with van der Waals surface area (Å²) in [5.74, 6) is 0. The summed E-state index contributed by atoms with van der Waals surface area (Å²) < 4.78 is 0. The Balaban J connectivity index is 2.08. The molecule has 0 unspecified atom stereocenters. The molecule has 1 aromatic carbocycles. The highest BCUT2D eigenvalue weighted by molar-refractivity contribution is 5.56. The normalized spacial score (nSPS) is 17.3. The van der Waals surface area contributed by atoms with Gasteiger partial charge in [0.2, 0.25) is 0 Å². The van der Waals surface area contributed by atoms with Gasteiger partial charge in [0.05, 0.1) is 4.92 Å². The molecule has 17 heavy (non-hydrogen) atoms. The Morgan fingerprint density at radius 3 is 2.71 bits per heavy atom. The summed E-state index contributed by atoms with van der Waals surface area (Å²) in [5, 5.41) is 14.1. The first-order chi connectivity index (χ1) is 8.00. The van der Waals surface area contributed by atoms with E-state index < -0.39 is 0 Å². The summed E-state index contributed by atoms with van der Waals surface area (Å²) in [5.41, 5.74) is 2.46. The van der Waals surface area contributed by atoms with Crippen molar-refractivity contribution in [1.82, 2.24) is 0 Å². The van der Waals surface area contributed by atoms with E-state index in [9.17, 15) is 10.1 Å². The monoisotopic (exact) mass is 234 g/mol. The zero-order valence-electron chi connectivity index (χ0n) is 10.3. The number of non-ortho nitro benzene ring substituents is 1. The van der Waals surface area contributed by atoms with E-state index in [4.69, 9.17) is 0 Å². The number of rotatable bonds is 4. The molecule has 4 heteroatoms. The Labute approximate surface area is 101 Å². The molecule has 0 aromatic heterocycles. The first-order valence-corrected chi connectivity index (χ1v) is 5.99. The van der Waals surface area contributed by atoms with Crippen LogP contribution in [0.2, 0.25) is 0 Å². The fraction of sp³-hybridized carbons (Fsp3) is 0.538. The highest BCUT2D eigenvalue weighted by Gasteiger charge is 2.31. The standard InChI is InChI=1S/C13H18N2O2/c1-10-4-5-11(15(16)17)8-12(10)14-9-13(2)6-3-7-13/h4-5,8,14H,3,6-7,9H2,1-2H3. The number of hydrogen-bond donors (Lipinski definition) is 1. The molecule has 0 bridgehead atoms. The molecular formula is C13H18N2O2. The van der Waals surface area contributed by atoms with Crippen molar-refractivity contribution in [3.8, 4) is 0 Å². The smallest absolute Gasteiger partial charge is 0.271 e. The van der Waals surface area contributed by atoms with Crippen LogP contribution in [0.1, 0.15) is 31.7 Å². The van der Waals surface area contributed by atoms with Gasteiger partial charge in [0, 0.05) is 24.4 Å². The lowest BCUT2D eigenvalue weighted by molar-refractivity contribution is -0.384. The van der Waals surface area contributed by atoms with Gasteiger partial charge >= 0.3 is 0 Å². The molecule has 1 saturated carbocycles. The first-order valence-electron chi connectivity index (χ1n) is 5.99. The topological polar surface area (TPSA) is 55.2 Å². The van der Waals surface area contributed by atoms with E-state index >= 15 is 0 Å². The van der Waals surface area contributed by atoms with Gasteiger partial charge in [-0.3, -0.25) is 10.1 Å². The first kappa shape index (κ1) is 11.9. The van der Waals surface area contributed by atoms with Gasteiger partial charge in [0.15, 0.2) is 0 Å². The summed E-state index contributed by atoms with van der Waals surface area (Å²) in [7, 11) is 0. The largest absolute Gasteiger partial charge is 0.384 e. The third-order valence-electron chi connectivity index (χ3n) is 3.70. The fourth-order valence-corrected chi connectivity index (χ4v) is 2.18. The van der Waals surface area contributed by atoms with Gasteiger partial charge in [0.25, 0.3) is 5.69 Å². The van der Waals surface area contributed by atoms with Crippen LogP contribution in [0.5, 0.6) is 0 Å². The van der Waals surface area contributed by atoms with Crippen molar-refractivity contribution in [3.05, 3.63) is 33.9 Å². The number of benzene rings is 1. The Bertz CT molecular complexity index is 439. The molecule has 1 fully saturated rings. The Morgan fingerprint density at radius 1 is 1.47 bits per heavy atom. The minimum Gasteiger partial charge on any atom is -0.384 e. The zero-order chi connectivity index (χ0) is 12.5. The van der Waals surface area contributed by atoms with Gasteiger partial charge < -0.3 is 5.32 Å². The van der Waals surface area contributed by atoms with Crippen molar-refractivity contribution in [3.63, 3.8) is 0 Å². The number of nitrogens with one attached hydrogen (secondary N) is 1. The number of aryl methyl sites for hydroxylation is 1.